The van der Waals surface area contributed by atoms with Gasteiger partial charge in [-0.05, 0) is 12.1 Å². The van der Waals surface area contributed by atoms with Crippen LogP contribution in [0.25, 0.3) is 16.2 Å². The molecule has 1 fully saturated rings. The number of piperazine rings is 1. The highest BCUT2D eigenvalue weighted by atomic mass is 35.5. The standard InChI is InChI=1S/C18H18ClN7S/c1-23-7-6-20-16(23)24-8-10-25(11-9-24)18-22-26-12-15(21-17(26)27-18)13-2-4-14(19)5-3-13/h2-7,12H,8-11H2,1H3. The molecule has 138 valence electrons. The monoisotopic (exact) mass is 399 g/mol. The van der Waals surface area contributed by atoms with E-state index < -0.39 is 0 Å². The third-order valence-electron chi connectivity index (χ3n) is 4.80. The first kappa shape index (κ1) is 16.6. The van der Waals surface area contributed by atoms with Gasteiger partial charge < -0.3 is 14.4 Å². The molecule has 4 heterocycles. The van der Waals surface area contributed by atoms with Crippen molar-refractivity contribution in [2.75, 3.05) is 36.0 Å². The van der Waals surface area contributed by atoms with E-state index in [1.54, 1.807) is 11.3 Å². The lowest BCUT2D eigenvalue weighted by atomic mass is 10.2. The van der Waals surface area contributed by atoms with E-state index in [4.69, 9.17) is 21.7 Å². The van der Waals surface area contributed by atoms with Crippen molar-refractivity contribution >= 4 is 39.0 Å². The van der Waals surface area contributed by atoms with Gasteiger partial charge in [0.25, 0.3) is 0 Å². The molecule has 1 aromatic carbocycles. The van der Waals surface area contributed by atoms with Crippen LogP contribution < -0.4 is 9.80 Å². The summed E-state index contributed by atoms with van der Waals surface area (Å²) in [6.07, 6.45) is 5.80. The largest absolute Gasteiger partial charge is 0.343 e. The Kier molecular flexibility index (Phi) is 4.02. The minimum atomic E-state index is 0.727. The number of fused-ring (bicyclic) bond motifs is 1. The maximum atomic E-state index is 5.96. The molecule has 0 bridgehead atoms. The van der Waals surface area contributed by atoms with Crippen LogP contribution in [0.15, 0.2) is 42.9 Å². The van der Waals surface area contributed by atoms with E-state index in [-0.39, 0.29) is 0 Å². The second kappa shape index (κ2) is 6.54. The first-order valence-electron chi connectivity index (χ1n) is 8.77. The van der Waals surface area contributed by atoms with Crippen LogP contribution in [0.1, 0.15) is 0 Å². The van der Waals surface area contributed by atoms with Crippen molar-refractivity contribution in [1.82, 2.24) is 24.1 Å². The van der Waals surface area contributed by atoms with E-state index in [0.29, 0.717) is 0 Å². The Morgan fingerprint density at radius 2 is 1.78 bits per heavy atom. The van der Waals surface area contributed by atoms with Crippen LogP contribution in [0.4, 0.5) is 11.1 Å². The van der Waals surface area contributed by atoms with Crippen molar-refractivity contribution < 1.29 is 0 Å². The van der Waals surface area contributed by atoms with E-state index >= 15 is 0 Å². The molecule has 1 aliphatic heterocycles. The van der Waals surface area contributed by atoms with E-state index in [2.05, 4.69) is 19.4 Å². The second-order valence-electron chi connectivity index (χ2n) is 6.56. The molecule has 5 rings (SSSR count). The van der Waals surface area contributed by atoms with Crippen LogP contribution in [0.3, 0.4) is 0 Å². The molecule has 0 unspecified atom stereocenters. The highest BCUT2D eigenvalue weighted by Gasteiger charge is 2.22. The first-order valence-corrected chi connectivity index (χ1v) is 9.96. The average Bonchev–Trinajstić information content (AvgIpc) is 3.37. The number of anilines is 2. The summed E-state index contributed by atoms with van der Waals surface area (Å²) in [6, 6.07) is 7.72. The summed E-state index contributed by atoms with van der Waals surface area (Å²) in [4.78, 5) is 14.7. The number of benzene rings is 1. The summed E-state index contributed by atoms with van der Waals surface area (Å²) in [7, 11) is 2.03. The fourth-order valence-electron chi connectivity index (χ4n) is 3.34. The number of nitrogens with zero attached hydrogens (tertiary/aromatic N) is 7. The quantitative estimate of drug-likeness (QED) is 0.529. The average molecular weight is 400 g/mol. The van der Waals surface area contributed by atoms with Crippen molar-refractivity contribution in [1.29, 1.82) is 0 Å². The van der Waals surface area contributed by atoms with Crippen LogP contribution in [0, 0.1) is 0 Å². The van der Waals surface area contributed by atoms with Gasteiger partial charge in [-0.25, -0.2) is 14.5 Å². The van der Waals surface area contributed by atoms with Gasteiger partial charge in [0.15, 0.2) is 0 Å². The van der Waals surface area contributed by atoms with Crippen LogP contribution in [0.5, 0.6) is 0 Å². The molecule has 0 N–H and O–H groups in total. The predicted molar refractivity (Wildman–Crippen MR) is 109 cm³/mol. The van der Waals surface area contributed by atoms with Gasteiger partial charge in [-0.15, -0.1) is 5.10 Å². The molecule has 1 saturated heterocycles. The van der Waals surface area contributed by atoms with Crippen molar-refractivity contribution in [3.63, 3.8) is 0 Å². The summed E-state index contributed by atoms with van der Waals surface area (Å²) in [6.45, 7) is 3.71. The Morgan fingerprint density at radius 1 is 1.04 bits per heavy atom. The molecule has 27 heavy (non-hydrogen) atoms. The number of hydrogen-bond acceptors (Lipinski definition) is 6. The van der Waals surface area contributed by atoms with E-state index in [0.717, 1.165) is 58.5 Å². The fraction of sp³-hybridized carbons (Fsp3) is 0.278. The highest BCUT2D eigenvalue weighted by molar-refractivity contribution is 7.20. The number of aryl methyl sites for hydroxylation is 1. The molecular formula is C18H18ClN7S. The van der Waals surface area contributed by atoms with E-state index in [9.17, 15) is 0 Å². The van der Waals surface area contributed by atoms with Gasteiger partial charge in [0.2, 0.25) is 16.0 Å². The minimum absolute atomic E-state index is 0.727. The van der Waals surface area contributed by atoms with Gasteiger partial charge in [0.1, 0.15) is 0 Å². The Labute approximate surface area is 165 Å². The lowest BCUT2D eigenvalue weighted by Gasteiger charge is -2.34. The van der Waals surface area contributed by atoms with Crippen molar-refractivity contribution in [2.24, 2.45) is 7.05 Å². The van der Waals surface area contributed by atoms with Crippen LogP contribution in [-0.2, 0) is 7.05 Å². The molecule has 0 amide bonds. The van der Waals surface area contributed by atoms with Gasteiger partial charge in [-0.2, -0.15) is 0 Å². The molecule has 4 aromatic rings. The SMILES string of the molecule is Cn1ccnc1N1CCN(c2nn3cc(-c4ccc(Cl)cc4)nc3s2)CC1. The zero-order valence-electron chi connectivity index (χ0n) is 14.8. The lowest BCUT2D eigenvalue weighted by Crippen LogP contribution is -2.47. The number of rotatable bonds is 3. The molecule has 1 aliphatic rings. The molecule has 0 saturated carbocycles. The number of aromatic nitrogens is 5. The number of hydrogen-bond donors (Lipinski definition) is 0. The van der Waals surface area contributed by atoms with Gasteiger partial charge in [-0.1, -0.05) is 35.1 Å². The molecule has 0 spiro atoms. The Balaban J connectivity index is 1.32. The van der Waals surface area contributed by atoms with Gasteiger partial charge in [0.05, 0.1) is 11.9 Å². The molecule has 3 aromatic heterocycles. The number of halogens is 1. The molecule has 0 radical (unpaired) electrons. The summed E-state index contributed by atoms with van der Waals surface area (Å²) in [5, 5.41) is 6.48. The molecule has 0 aliphatic carbocycles. The molecule has 9 heteroatoms. The van der Waals surface area contributed by atoms with Crippen molar-refractivity contribution in [3.05, 3.63) is 47.9 Å². The summed E-state index contributed by atoms with van der Waals surface area (Å²) in [5.74, 6) is 1.02. The third kappa shape index (κ3) is 3.04. The fourth-order valence-corrected chi connectivity index (χ4v) is 4.40. The number of imidazole rings is 2. The van der Waals surface area contributed by atoms with Gasteiger partial charge in [-0.3, -0.25) is 0 Å². The summed E-state index contributed by atoms with van der Waals surface area (Å²) >= 11 is 7.59. The normalized spacial score (nSPS) is 15.0. The second-order valence-corrected chi connectivity index (χ2v) is 7.93. The maximum absolute atomic E-state index is 5.96. The lowest BCUT2D eigenvalue weighted by molar-refractivity contribution is 0.626. The maximum Gasteiger partial charge on any atom is 0.214 e. The molecular weight excluding hydrogens is 382 g/mol. The van der Waals surface area contributed by atoms with E-state index in [1.165, 1.54) is 0 Å². The van der Waals surface area contributed by atoms with Crippen molar-refractivity contribution in [2.45, 2.75) is 0 Å². The minimum Gasteiger partial charge on any atom is -0.343 e. The van der Waals surface area contributed by atoms with Gasteiger partial charge >= 0.3 is 0 Å². The van der Waals surface area contributed by atoms with Crippen LogP contribution in [-0.4, -0.2) is 50.3 Å². The summed E-state index contributed by atoms with van der Waals surface area (Å²) in [5.41, 5.74) is 1.96. The summed E-state index contributed by atoms with van der Waals surface area (Å²) < 4.78 is 3.93. The zero-order valence-corrected chi connectivity index (χ0v) is 16.4. The first-order chi connectivity index (χ1) is 13.2. The Bertz CT molecular complexity index is 1040. The zero-order chi connectivity index (χ0) is 18.4. The van der Waals surface area contributed by atoms with Gasteiger partial charge in [0, 0.05) is 56.2 Å². The Hall–Kier alpha value is -2.58. The third-order valence-corrected chi connectivity index (χ3v) is 6.04. The molecule has 7 nitrogen and oxygen atoms in total. The topological polar surface area (TPSA) is 54.5 Å². The molecule has 0 atom stereocenters. The van der Waals surface area contributed by atoms with E-state index in [1.807, 2.05) is 54.4 Å². The predicted octanol–water partition coefficient (Wildman–Crippen LogP) is 3.17. The highest BCUT2D eigenvalue weighted by Crippen LogP contribution is 2.28. The smallest absolute Gasteiger partial charge is 0.214 e. The van der Waals surface area contributed by atoms with Crippen LogP contribution >= 0.6 is 22.9 Å². The van der Waals surface area contributed by atoms with Crippen LogP contribution in [0.2, 0.25) is 5.02 Å². The van der Waals surface area contributed by atoms with Crippen molar-refractivity contribution in [3.8, 4) is 11.3 Å². The Morgan fingerprint density at radius 3 is 2.44 bits per heavy atom.